The van der Waals surface area contributed by atoms with E-state index >= 15 is 4.39 Å². The van der Waals surface area contributed by atoms with Gasteiger partial charge in [-0.05, 0) is 42.3 Å². The number of ether oxygens (including phenoxy) is 1. The Morgan fingerprint density at radius 3 is 2.52 bits per heavy atom. The fourth-order valence-corrected chi connectivity index (χ4v) is 5.40. The molecule has 0 aliphatic heterocycles. The molecule has 0 aliphatic rings. The zero-order valence-electron chi connectivity index (χ0n) is 23.2. The van der Waals surface area contributed by atoms with Crippen LogP contribution in [-0.4, -0.2) is 68.7 Å². The molecule has 212 valence electrons. The SMILES string of the molecule is COCCN(C)CCNc1ncc2nc(-c3ccc(NS(=O)(=O)Cc4ccccc4)c(F)c3)cc(C(C)C)c2n1. The second kappa shape index (κ2) is 13.1. The summed E-state index contributed by atoms with van der Waals surface area (Å²) in [6.07, 6.45) is 1.66. The van der Waals surface area contributed by atoms with Crippen molar-refractivity contribution in [3.63, 3.8) is 0 Å². The van der Waals surface area contributed by atoms with E-state index in [-0.39, 0.29) is 17.4 Å². The topological polar surface area (TPSA) is 109 Å². The van der Waals surface area contributed by atoms with Crippen molar-refractivity contribution in [1.82, 2.24) is 19.9 Å². The van der Waals surface area contributed by atoms with Gasteiger partial charge in [0.25, 0.3) is 0 Å². The summed E-state index contributed by atoms with van der Waals surface area (Å²) in [5.74, 6) is -0.294. The Balaban J connectivity index is 1.54. The molecule has 0 atom stereocenters. The summed E-state index contributed by atoms with van der Waals surface area (Å²) in [7, 11) is -0.0788. The minimum absolute atomic E-state index is 0.114. The second-order valence-corrected chi connectivity index (χ2v) is 11.7. The first kappa shape index (κ1) is 29.3. The molecule has 11 heteroatoms. The number of methoxy groups -OCH3 is 1. The molecule has 40 heavy (non-hydrogen) atoms. The lowest BCUT2D eigenvalue weighted by Gasteiger charge is -2.17. The molecule has 0 radical (unpaired) electrons. The first-order valence-corrected chi connectivity index (χ1v) is 14.7. The Bertz CT molecular complexity index is 1550. The maximum Gasteiger partial charge on any atom is 0.237 e. The van der Waals surface area contributed by atoms with Crippen molar-refractivity contribution in [2.45, 2.75) is 25.5 Å². The van der Waals surface area contributed by atoms with E-state index < -0.39 is 15.8 Å². The van der Waals surface area contributed by atoms with Gasteiger partial charge in [0.1, 0.15) is 11.3 Å². The average molecular weight is 567 g/mol. The summed E-state index contributed by atoms with van der Waals surface area (Å²) < 4.78 is 47.7. The molecule has 4 aromatic rings. The number of nitrogens with one attached hydrogen (secondary N) is 2. The molecule has 2 aromatic carbocycles. The average Bonchev–Trinajstić information content (AvgIpc) is 2.92. The summed E-state index contributed by atoms with van der Waals surface area (Å²) in [6.45, 7) is 7.11. The fraction of sp³-hybridized carbons (Fsp3) is 0.345. The number of anilines is 2. The highest BCUT2D eigenvalue weighted by Gasteiger charge is 2.17. The minimum atomic E-state index is -3.79. The molecular formula is C29H35FN6O3S. The third-order valence-electron chi connectivity index (χ3n) is 6.38. The van der Waals surface area contributed by atoms with Crippen LogP contribution in [0.2, 0.25) is 0 Å². The number of halogens is 1. The predicted molar refractivity (Wildman–Crippen MR) is 157 cm³/mol. The van der Waals surface area contributed by atoms with Gasteiger partial charge in [-0.2, -0.15) is 0 Å². The summed E-state index contributed by atoms with van der Waals surface area (Å²) in [5.41, 5.74) is 3.86. The quantitative estimate of drug-likeness (QED) is 0.236. The largest absolute Gasteiger partial charge is 0.383 e. The van der Waals surface area contributed by atoms with E-state index in [1.807, 2.05) is 13.1 Å². The van der Waals surface area contributed by atoms with E-state index in [0.29, 0.717) is 41.4 Å². The van der Waals surface area contributed by atoms with Crippen LogP contribution in [0.15, 0.2) is 60.8 Å². The number of pyridine rings is 1. The van der Waals surface area contributed by atoms with Crippen LogP contribution < -0.4 is 10.0 Å². The Hall–Kier alpha value is -3.67. The van der Waals surface area contributed by atoms with Crippen LogP contribution in [0.4, 0.5) is 16.0 Å². The van der Waals surface area contributed by atoms with Crippen molar-refractivity contribution in [3.05, 3.63) is 77.7 Å². The van der Waals surface area contributed by atoms with Crippen LogP contribution in [0.25, 0.3) is 22.3 Å². The third kappa shape index (κ3) is 7.71. The monoisotopic (exact) mass is 566 g/mol. The minimum Gasteiger partial charge on any atom is -0.383 e. The van der Waals surface area contributed by atoms with Gasteiger partial charge in [-0.1, -0.05) is 50.2 Å². The van der Waals surface area contributed by atoms with E-state index in [0.717, 1.165) is 24.2 Å². The van der Waals surface area contributed by atoms with Crippen molar-refractivity contribution in [2.24, 2.45) is 0 Å². The Morgan fingerprint density at radius 2 is 1.82 bits per heavy atom. The number of likely N-dealkylation sites (N-methyl/N-ethyl adjacent to an activating group) is 1. The van der Waals surface area contributed by atoms with Gasteiger partial charge in [0.2, 0.25) is 16.0 Å². The highest BCUT2D eigenvalue weighted by Crippen LogP contribution is 2.30. The van der Waals surface area contributed by atoms with Gasteiger partial charge in [0.05, 0.1) is 35.5 Å². The summed E-state index contributed by atoms with van der Waals surface area (Å²) >= 11 is 0. The van der Waals surface area contributed by atoms with Crippen molar-refractivity contribution in [1.29, 1.82) is 0 Å². The Labute approximate surface area is 234 Å². The van der Waals surface area contributed by atoms with Crippen LogP contribution >= 0.6 is 0 Å². The van der Waals surface area contributed by atoms with Gasteiger partial charge in [-0.25, -0.2) is 27.8 Å². The van der Waals surface area contributed by atoms with Crippen LogP contribution in [-0.2, 0) is 20.5 Å². The molecule has 0 fully saturated rings. The van der Waals surface area contributed by atoms with Crippen molar-refractivity contribution in [3.8, 4) is 11.3 Å². The molecule has 0 bridgehead atoms. The first-order valence-electron chi connectivity index (χ1n) is 13.1. The molecule has 0 saturated carbocycles. The standard InChI is InChI=1S/C29H35FN6O3S/c1-20(2)23-17-26(33-27-18-32-29(34-28(23)27)31-12-13-36(3)14-15-39-4)22-10-11-25(24(30)16-22)35-40(37,38)19-21-8-6-5-7-9-21/h5-11,16-18,20,35H,12-15,19H2,1-4H3,(H,31,32,34). The maximum atomic E-state index is 15.1. The van der Waals surface area contributed by atoms with Gasteiger partial charge < -0.3 is 15.0 Å². The van der Waals surface area contributed by atoms with Crippen LogP contribution in [0.5, 0.6) is 0 Å². The molecule has 2 N–H and O–H groups in total. The number of aromatic nitrogens is 3. The maximum absolute atomic E-state index is 15.1. The molecule has 0 saturated heterocycles. The molecular weight excluding hydrogens is 531 g/mol. The van der Waals surface area contributed by atoms with E-state index in [1.165, 1.54) is 12.1 Å². The van der Waals surface area contributed by atoms with Crippen molar-refractivity contribution < 1.29 is 17.5 Å². The smallest absolute Gasteiger partial charge is 0.237 e. The van der Waals surface area contributed by atoms with E-state index in [4.69, 9.17) is 14.7 Å². The number of benzene rings is 2. The van der Waals surface area contributed by atoms with Crippen LogP contribution in [0.1, 0.15) is 30.9 Å². The fourth-order valence-electron chi connectivity index (χ4n) is 4.19. The zero-order valence-corrected chi connectivity index (χ0v) is 24.0. The lowest BCUT2D eigenvalue weighted by atomic mass is 9.99. The second-order valence-electron chi connectivity index (χ2n) is 9.94. The van der Waals surface area contributed by atoms with Gasteiger partial charge in [0.15, 0.2) is 0 Å². The molecule has 0 amide bonds. The summed E-state index contributed by atoms with van der Waals surface area (Å²) in [5, 5.41) is 3.27. The predicted octanol–water partition coefficient (Wildman–Crippen LogP) is 4.89. The number of rotatable bonds is 13. The molecule has 9 nitrogen and oxygen atoms in total. The van der Waals surface area contributed by atoms with Gasteiger partial charge in [-0.3, -0.25) is 4.72 Å². The van der Waals surface area contributed by atoms with Crippen molar-refractivity contribution >= 4 is 32.7 Å². The van der Waals surface area contributed by atoms with E-state index in [1.54, 1.807) is 49.7 Å². The van der Waals surface area contributed by atoms with Gasteiger partial charge in [-0.15, -0.1) is 0 Å². The normalized spacial score (nSPS) is 11.9. The van der Waals surface area contributed by atoms with Gasteiger partial charge in [0, 0.05) is 32.3 Å². The lowest BCUT2D eigenvalue weighted by molar-refractivity contribution is 0.163. The number of hydrogen-bond donors (Lipinski definition) is 2. The molecule has 0 aliphatic carbocycles. The summed E-state index contributed by atoms with van der Waals surface area (Å²) in [6, 6.07) is 15.0. The molecule has 0 unspecified atom stereocenters. The number of hydrogen-bond acceptors (Lipinski definition) is 8. The summed E-state index contributed by atoms with van der Waals surface area (Å²) in [4.78, 5) is 16.0. The zero-order chi connectivity index (χ0) is 28.7. The molecule has 2 heterocycles. The molecule has 0 spiro atoms. The highest BCUT2D eigenvalue weighted by molar-refractivity contribution is 7.91. The number of nitrogens with zero attached hydrogens (tertiary/aromatic N) is 4. The lowest BCUT2D eigenvalue weighted by Crippen LogP contribution is -2.28. The third-order valence-corrected chi connectivity index (χ3v) is 7.63. The number of fused-ring (bicyclic) bond motifs is 1. The van der Waals surface area contributed by atoms with E-state index in [2.05, 4.69) is 33.8 Å². The van der Waals surface area contributed by atoms with Gasteiger partial charge >= 0.3 is 0 Å². The highest BCUT2D eigenvalue weighted by atomic mass is 32.2. The molecule has 4 rings (SSSR count). The van der Waals surface area contributed by atoms with E-state index in [9.17, 15) is 8.42 Å². The Morgan fingerprint density at radius 1 is 1.05 bits per heavy atom. The number of sulfonamides is 1. The molecule has 2 aromatic heterocycles. The van der Waals surface area contributed by atoms with Crippen LogP contribution in [0.3, 0.4) is 0 Å². The Kier molecular flexibility index (Phi) is 9.62. The van der Waals surface area contributed by atoms with Crippen LogP contribution in [0, 0.1) is 5.82 Å². The first-order chi connectivity index (χ1) is 19.1. The van der Waals surface area contributed by atoms with Crippen molar-refractivity contribution in [2.75, 3.05) is 50.4 Å².